The van der Waals surface area contributed by atoms with Crippen LogP contribution < -0.4 is 35.0 Å². The summed E-state index contributed by atoms with van der Waals surface area (Å²) in [6, 6.07) is 50.0. The second kappa shape index (κ2) is 12.1. The maximum atomic E-state index is 6.91. The van der Waals surface area contributed by atoms with Gasteiger partial charge in [-0.3, -0.25) is 14.5 Å². The lowest BCUT2D eigenvalue weighted by Gasteiger charge is -2.39. The topological polar surface area (TPSA) is 72.4 Å². The molecule has 55 heavy (non-hydrogen) atoms. The Balaban J connectivity index is 1.14. The number of nitrogens with one attached hydrogen (secondary N) is 2. The van der Waals surface area contributed by atoms with Gasteiger partial charge < -0.3 is 19.3 Å². The molecule has 9 aromatic rings. The average molecular weight is 736 g/mol. The molecule has 0 aliphatic carbocycles. The monoisotopic (exact) mass is 735 g/mol. The first kappa shape index (κ1) is 31.7. The maximum absolute atomic E-state index is 6.91. The number of nitrogens with zero attached hydrogens (tertiary/aromatic N) is 6. The van der Waals surface area contributed by atoms with E-state index in [-0.39, 0.29) is 0 Å². The summed E-state index contributed by atoms with van der Waals surface area (Å²) in [5.74, 6) is 0. The van der Waals surface area contributed by atoms with Crippen LogP contribution in [0, 0.1) is 0 Å². The van der Waals surface area contributed by atoms with Gasteiger partial charge in [-0.25, -0.2) is 4.57 Å². The second-order valence-electron chi connectivity index (χ2n) is 14.1. The van der Waals surface area contributed by atoms with Crippen LogP contribution in [-0.4, -0.2) is 21.6 Å². The van der Waals surface area contributed by atoms with Crippen LogP contribution >= 0.6 is 8.07 Å². The molecule has 0 fully saturated rings. The third-order valence-electron chi connectivity index (χ3n) is 10.8. The predicted molar refractivity (Wildman–Crippen MR) is 225 cm³/mol. The van der Waals surface area contributed by atoms with Crippen molar-refractivity contribution in [1.29, 1.82) is 0 Å². The summed E-state index contributed by atoms with van der Waals surface area (Å²) in [4.78, 5) is 13.4. The van der Waals surface area contributed by atoms with Gasteiger partial charge in [-0.05, 0) is 54.1 Å². The first-order valence-corrected chi connectivity index (χ1v) is 19.6. The van der Waals surface area contributed by atoms with Gasteiger partial charge in [-0.1, -0.05) is 91.0 Å². The number of hydrogen-bond donors (Lipinski definition) is 2. The van der Waals surface area contributed by atoms with Crippen molar-refractivity contribution in [2.24, 2.45) is 14.1 Å². The molecule has 0 radical (unpaired) electrons. The van der Waals surface area contributed by atoms with E-state index in [1.165, 1.54) is 10.6 Å². The zero-order valence-corrected chi connectivity index (χ0v) is 31.4. The van der Waals surface area contributed by atoms with E-state index in [1.807, 2.05) is 12.4 Å². The van der Waals surface area contributed by atoms with Crippen molar-refractivity contribution in [1.82, 2.24) is 14.5 Å². The predicted octanol–water partition coefficient (Wildman–Crippen LogP) is 9.93. The van der Waals surface area contributed by atoms with E-state index in [4.69, 9.17) is 9.40 Å². The molecule has 0 saturated carbocycles. The van der Waals surface area contributed by atoms with Gasteiger partial charge >= 0.3 is 6.01 Å². The van der Waals surface area contributed by atoms with Crippen molar-refractivity contribution in [3.05, 3.63) is 152 Å². The number of aromatic nitrogens is 4. The summed E-state index contributed by atoms with van der Waals surface area (Å²) < 4.78 is 13.7. The smallest absolute Gasteiger partial charge is 0.307 e. The molecular weight excluding hydrogens is 700 g/mol. The van der Waals surface area contributed by atoms with Crippen LogP contribution in [0.5, 0.6) is 0 Å². The zero-order valence-electron chi connectivity index (χ0n) is 30.5. The van der Waals surface area contributed by atoms with Crippen LogP contribution in [0.2, 0.25) is 0 Å². The summed E-state index contributed by atoms with van der Waals surface area (Å²) in [6.07, 6.45) is 4.19. The molecule has 9 nitrogen and oxygen atoms in total. The number of imidazole rings is 1. The van der Waals surface area contributed by atoms with E-state index in [2.05, 4.69) is 195 Å². The molecular formula is C45H36N8OP+. The summed E-state index contributed by atoms with van der Waals surface area (Å²) in [7, 11) is 5.21. The SMILES string of the molecule is CN1c2ccccc2N(c2nc3c4c(ccc3o2)Nc2ccccc2N4P(c2ccccc2)c2ccccc2)c2cc(-c3cn(C)c4c3[nH]c[n+]4C)ccc21. The molecule has 2 N–H and O–H groups in total. The largest absolute Gasteiger partial charge is 0.423 e. The summed E-state index contributed by atoms with van der Waals surface area (Å²) in [6.45, 7) is 0. The van der Waals surface area contributed by atoms with E-state index >= 15 is 0 Å². The van der Waals surface area contributed by atoms with Crippen LogP contribution in [0.4, 0.5) is 51.5 Å². The van der Waals surface area contributed by atoms with Gasteiger partial charge in [0.1, 0.15) is 5.52 Å². The van der Waals surface area contributed by atoms with Crippen molar-refractivity contribution in [2.45, 2.75) is 0 Å². The van der Waals surface area contributed by atoms with Crippen molar-refractivity contribution in [3.8, 4) is 11.1 Å². The summed E-state index contributed by atoms with van der Waals surface area (Å²) in [5.41, 5.74) is 14.2. The Bertz CT molecular complexity index is 2890. The Morgan fingerprint density at radius 1 is 0.673 bits per heavy atom. The zero-order chi connectivity index (χ0) is 36.8. The average Bonchev–Trinajstić information content (AvgIpc) is 3.93. The van der Waals surface area contributed by atoms with Gasteiger partial charge in [0.05, 0.1) is 79.4 Å². The highest BCUT2D eigenvalue weighted by Gasteiger charge is 2.36. The molecule has 5 heterocycles. The van der Waals surface area contributed by atoms with Gasteiger partial charge in [-0.15, -0.1) is 0 Å². The minimum atomic E-state index is -1.07. The van der Waals surface area contributed by atoms with Crippen LogP contribution in [0.25, 0.3) is 33.4 Å². The molecule has 0 unspecified atom stereocenters. The molecule has 11 rings (SSSR count). The molecule has 3 aromatic heterocycles. The van der Waals surface area contributed by atoms with Gasteiger partial charge in [0.25, 0.3) is 5.65 Å². The van der Waals surface area contributed by atoms with Crippen molar-refractivity contribution < 1.29 is 8.98 Å². The van der Waals surface area contributed by atoms with Crippen LogP contribution in [0.3, 0.4) is 0 Å². The quantitative estimate of drug-likeness (QED) is 0.136. The highest BCUT2D eigenvalue weighted by molar-refractivity contribution is 7.74. The van der Waals surface area contributed by atoms with Crippen molar-refractivity contribution in [2.75, 3.05) is 26.8 Å². The molecule has 0 amide bonds. The van der Waals surface area contributed by atoms with E-state index < -0.39 is 8.07 Å². The minimum Gasteiger partial charge on any atom is -0.423 e. The standard InChI is InChI=1S/C45H35N8OP/c1-49-27-32(41-44(49)50(2)28-46-41)29-22-24-37-39(26-29)52(38-21-13-12-20-36(38)51(37)3)45-48-42-40(54-45)25-23-34-43(42)53(35-19-11-10-18-33(35)47-34)55(30-14-6-4-7-15-30)31-16-8-5-9-17-31/h4-28,47H,1-3H3/p+1. The number of oxazole rings is 1. The Kier molecular flexibility index (Phi) is 6.97. The fraction of sp³-hybridized carbons (Fsp3) is 0.0667. The second-order valence-corrected chi connectivity index (χ2v) is 16.1. The number of hydrogen-bond acceptors (Lipinski definition) is 6. The molecule has 266 valence electrons. The Hall–Kier alpha value is -6.83. The maximum Gasteiger partial charge on any atom is 0.307 e. The van der Waals surface area contributed by atoms with E-state index in [9.17, 15) is 0 Å². The van der Waals surface area contributed by atoms with Crippen LogP contribution in [-0.2, 0) is 14.1 Å². The number of anilines is 9. The van der Waals surface area contributed by atoms with Gasteiger partial charge in [0.2, 0.25) is 0 Å². The Morgan fingerprint density at radius 3 is 2.11 bits per heavy atom. The highest BCUT2D eigenvalue weighted by atomic mass is 31.1. The van der Waals surface area contributed by atoms with Crippen LogP contribution in [0.15, 0.2) is 156 Å². The van der Waals surface area contributed by atoms with Gasteiger partial charge in [0, 0.05) is 17.7 Å². The number of aromatic amines is 1. The van der Waals surface area contributed by atoms with Crippen molar-refractivity contribution >= 4 is 92.5 Å². The summed E-state index contributed by atoms with van der Waals surface area (Å²) in [5, 5.41) is 6.24. The fourth-order valence-corrected chi connectivity index (χ4v) is 10.8. The lowest BCUT2D eigenvalue weighted by molar-refractivity contribution is -0.647. The first-order chi connectivity index (χ1) is 27.0. The van der Waals surface area contributed by atoms with Crippen LogP contribution in [0.1, 0.15) is 0 Å². The first-order valence-electron chi connectivity index (χ1n) is 18.3. The lowest BCUT2D eigenvalue weighted by Crippen LogP contribution is -2.28. The summed E-state index contributed by atoms with van der Waals surface area (Å²) >= 11 is 0. The Morgan fingerprint density at radius 2 is 1.35 bits per heavy atom. The number of H-pyrrole nitrogens is 1. The van der Waals surface area contributed by atoms with Gasteiger partial charge in [0.15, 0.2) is 17.4 Å². The minimum absolute atomic E-state index is 0.509. The van der Waals surface area contributed by atoms with Crippen molar-refractivity contribution in [3.63, 3.8) is 0 Å². The molecule has 2 aliphatic heterocycles. The molecule has 0 spiro atoms. The number of benzene rings is 6. The Labute approximate surface area is 319 Å². The lowest BCUT2D eigenvalue weighted by atomic mass is 10.0. The number of fused-ring (bicyclic) bond motifs is 7. The number of rotatable bonds is 5. The molecule has 6 aromatic carbocycles. The third-order valence-corrected chi connectivity index (χ3v) is 13.2. The molecule has 0 saturated heterocycles. The number of para-hydroxylation sites is 4. The number of aryl methyl sites for hydroxylation is 2. The molecule has 2 aliphatic rings. The normalized spacial score (nSPS) is 13.2. The fourth-order valence-electron chi connectivity index (χ4n) is 8.32. The van der Waals surface area contributed by atoms with E-state index in [0.717, 1.165) is 73.3 Å². The highest BCUT2D eigenvalue weighted by Crippen LogP contribution is 2.58. The molecule has 10 heteroatoms. The molecule has 0 atom stereocenters. The third kappa shape index (κ3) is 4.76. The van der Waals surface area contributed by atoms with E-state index in [1.54, 1.807) is 0 Å². The van der Waals surface area contributed by atoms with Gasteiger partial charge in [-0.2, -0.15) is 4.98 Å². The molecule has 0 bridgehead atoms. The van der Waals surface area contributed by atoms with E-state index in [0.29, 0.717) is 11.6 Å².